The number of ether oxygens (including phenoxy) is 3. The van der Waals surface area contributed by atoms with Crippen molar-refractivity contribution in [3.05, 3.63) is 70.3 Å². The van der Waals surface area contributed by atoms with Crippen LogP contribution in [-0.4, -0.2) is 18.3 Å². The van der Waals surface area contributed by atoms with E-state index in [-0.39, 0.29) is 24.4 Å². The zero-order valence-corrected chi connectivity index (χ0v) is 16.0. The fourth-order valence-corrected chi connectivity index (χ4v) is 4.30. The fourth-order valence-electron chi connectivity index (χ4n) is 4.05. The molecule has 2 aromatic rings. The van der Waals surface area contributed by atoms with E-state index in [4.69, 9.17) is 25.8 Å². The predicted octanol–water partition coefficient (Wildman–Crippen LogP) is 5.07. The van der Waals surface area contributed by atoms with Crippen LogP contribution in [0.4, 0.5) is 0 Å². The Morgan fingerprint density at radius 3 is 2.69 bits per heavy atom. The molecule has 4 rings (SSSR count). The zero-order chi connectivity index (χ0) is 18.1. The van der Waals surface area contributed by atoms with Gasteiger partial charge in [-0.25, -0.2) is 0 Å². The van der Waals surface area contributed by atoms with Crippen molar-refractivity contribution in [1.29, 1.82) is 0 Å². The van der Waals surface area contributed by atoms with E-state index in [0.29, 0.717) is 19.1 Å². The quantitative estimate of drug-likeness (QED) is 0.686. The van der Waals surface area contributed by atoms with Gasteiger partial charge < -0.3 is 14.2 Å². The molecule has 0 amide bonds. The molecule has 4 heteroatoms. The summed E-state index contributed by atoms with van der Waals surface area (Å²) in [6, 6.07) is 14.6. The maximum atomic E-state index is 6.38. The Morgan fingerprint density at radius 2 is 1.92 bits per heavy atom. The molecule has 2 aliphatic rings. The van der Waals surface area contributed by atoms with E-state index in [9.17, 15) is 0 Å². The summed E-state index contributed by atoms with van der Waals surface area (Å²) in [5, 5.41) is 0. The second-order valence-electron chi connectivity index (χ2n) is 7.10. The lowest BCUT2D eigenvalue weighted by atomic mass is 9.91. The molecular weight excluding hydrogens is 348 g/mol. The highest BCUT2D eigenvalue weighted by Gasteiger charge is 2.48. The Labute approximate surface area is 160 Å². The van der Waals surface area contributed by atoms with Crippen molar-refractivity contribution in [3.63, 3.8) is 0 Å². The minimum absolute atomic E-state index is 0.0413. The molecule has 1 fully saturated rings. The number of fused-ring (bicyclic) bond motifs is 3. The Morgan fingerprint density at radius 1 is 1.12 bits per heavy atom. The molecule has 0 unspecified atom stereocenters. The molecule has 3 nitrogen and oxygen atoms in total. The Bertz CT molecular complexity index is 776. The molecule has 4 atom stereocenters. The molecule has 0 aliphatic carbocycles. The smallest absolute Gasteiger partial charge is 0.117 e. The van der Waals surface area contributed by atoms with Gasteiger partial charge in [-0.15, -0.1) is 11.6 Å². The monoisotopic (exact) mass is 372 g/mol. The highest BCUT2D eigenvalue weighted by Crippen LogP contribution is 2.44. The highest BCUT2D eigenvalue weighted by atomic mass is 35.5. The molecule has 0 spiro atoms. The van der Waals surface area contributed by atoms with Gasteiger partial charge in [0.15, 0.2) is 0 Å². The van der Waals surface area contributed by atoms with Crippen molar-refractivity contribution in [1.82, 2.24) is 0 Å². The SMILES string of the molecule is CC[C@H]1O[C@@H]2c3cccc(CCl)c3CO[C@@H]2[C@H]1OCc1ccccc1C. The van der Waals surface area contributed by atoms with Crippen LogP contribution in [0.3, 0.4) is 0 Å². The third kappa shape index (κ3) is 3.18. The largest absolute Gasteiger partial charge is 0.368 e. The number of hydrogen-bond donors (Lipinski definition) is 0. The van der Waals surface area contributed by atoms with Crippen molar-refractivity contribution >= 4 is 11.6 Å². The first-order chi connectivity index (χ1) is 12.7. The molecule has 2 aliphatic heterocycles. The van der Waals surface area contributed by atoms with Crippen LogP contribution in [0.2, 0.25) is 0 Å². The maximum absolute atomic E-state index is 6.38. The molecule has 26 heavy (non-hydrogen) atoms. The molecular formula is C22H25ClO3. The van der Waals surface area contributed by atoms with Gasteiger partial charge >= 0.3 is 0 Å². The summed E-state index contributed by atoms with van der Waals surface area (Å²) in [4.78, 5) is 0. The van der Waals surface area contributed by atoms with E-state index in [1.807, 2.05) is 0 Å². The van der Waals surface area contributed by atoms with E-state index in [2.05, 4.69) is 56.3 Å². The second-order valence-corrected chi connectivity index (χ2v) is 7.37. The Balaban J connectivity index is 1.56. The van der Waals surface area contributed by atoms with Crippen LogP contribution in [0.25, 0.3) is 0 Å². The van der Waals surface area contributed by atoms with Crippen LogP contribution in [0.5, 0.6) is 0 Å². The minimum atomic E-state index is -0.0752. The van der Waals surface area contributed by atoms with Crippen molar-refractivity contribution in [2.75, 3.05) is 0 Å². The lowest BCUT2D eigenvalue weighted by molar-refractivity contribution is -0.0863. The van der Waals surface area contributed by atoms with E-state index in [0.717, 1.165) is 12.0 Å². The summed E-state index contributed by atoms with van der Waals surface area (Å²) in [7, 11) is 0. The molecule has 138 valence electrons. The number of hydrogen-bond acceptors (Lipinski definition) is 3. The molecule has 0 aromatic heterocycles. The van der Waals surface area contributed by atoms with Crippen LogP contribution in [-0.2, 0) is 33.3 Å². The van der Waals surface area contributed by atoms with E-state index in [1.54, 1.807) is 0 Å². The normalized spacial score (nSPS) is 27.2. The third-order valence-electron chi connectivity index (χ3n) is 5.58. The van der Waals surface area contributed by atoms with Crippen LogP contribution >= 0.6 is 11.6 Å². The van der Waals surface area contributed by atoms with Gasteiger partial charge in [-0.2, -0.15) is 0 Å². The predicted molar refractivity (Wildman–Crippen MR) is 102 cm³/mol. The molecule has 0 bridgehead atoms. The molecule has 0 saturated carbocycles. The van der Waals surface area contributed by atoms with Gasteiger partial charge in [-0.1, -0.05) is 49.4 Å². The molecule has 2 heterocycles. The third-order valence-corrected chi connectivity index (χ3v) is 5.87. The molecule has 0 radical (unpaired) electrons. The summed E-state index contributed by atoms with van der Waals surface area (Å²) in [6.45, 7) is 5.41. The van der Waals surface area contributed by atoms with Crippen LogP contribution in [0.15, 0.2) is 42.5 Å². The van der Waals surface area contributed by atoms with Gasteiger partial charge in [0.25, 0.3) is 0 Å². The first-order valence-electron chi connectivity index (χ1n) is 9.32. The van der Waals surface area contributed by atoms with Gasteiger partial charge in [0.05, 0.1) is 19.3 Å². The highest BCUT2D eigenvalue weighted by molar-refractivity contribution is 6.17. The van der Waals surface area contributed by atoms with E-state index >= 15 is 0 Å². The average Bonchev–Trinajstić information content (AvgIpc) is 3.05. The van der Waals surface area contributed by atoms with Crippen molar-refractivity contribution in [2.45, 2.75) is 63.8 Å². The summed E-state index contributed by atoms with van der Waals surface area (Å²) < 4.78 is 18.9. The van der Waals surface area contributed by atoms with Gasteiger partial charge in [0.1, 0.15) is 18.3 Å². The minimum Gasteiger partial charge on any atom is -0.368 e. The van der Waals surface area contributed by atoms with Crippen molar-refractivity contribution < 1.29 is 14.2 Å². The van der Waals surface area contributed by atoms with E-state index < -0.39 is 0 Å². The van der Waals surface area contributed by atoms with Gasteiger partial charge in [-0.05, 0) is 41.2 Å². The topological polar surface area (TPSA) is 27.7 Å². The number of halogens is 1. The Hall–Kier alpha value is -1.39. The van der Waals surface area contributed by atoms with Crippen LogP contribution < -0.4 is 0 Å². The first-order valence-corrected chi connectivity index (χ1v) is 9.86. The average molecular weight is 373 g/mol. The summed E-state index contributed by atoms with van der Waals surface area (Å²) in [5.74, 6) is 0.494. The van der Waals surface area contributed by atoms with Crippen LogP contribution in [0.1, 0.15) is 47.3 Å². The molecule has 2 aromatic carbocycles. The van der Waals surface area contributed by atoms with Crippen LogP contribution in [0, 0.1) is 6.92 Å². The lowest BCUT2D eigenvalue weighted by Crippen LogP contribution is -2.37. The fraction of sp³-hybridized carbons (Fsp3) is 0.455. The number of benzene rings is 2. The van der Waals surface area contributed by atoms with Crippen molar-refractivity contribution in [3.8, 4) is 0 Å². The van der Waals surface area contributed by atoms with Gasteiger partial charge in [0.2, 0.25) is 0 Å². The second kappa shape index (κ2) is 7.69. The number of aryl methyl sites for hydroxylation is 1. The summed E-state index contributed by atoms with van der Waals surface area (Å²) in [6.07, 6.45) is 0.743. The van der Waals surface area contributed by atoms with Crippen molar-refractivity contribution in [2.24, 2.45) is 0 Å². The summed E-state index contributed by atoms with van der Waals surface area (Å²) in [5.41, 5.74) is 5.98. The zero-order valence-electron chi connectivity index (χ0n) is 15.3. The first kappa shape index (κ1) is 18.0. The number of rotatable bonds is 5. The lowest BCUT2D eigenvalue weighted by Gasteiger charge is -2.31. The summed E-state index contributed by atoms with van der Waals surface area (Å²) >= 11 is 6.10. The van der Waals surface area contributed by atoms with Gasteiger partial charge in [-0.3, -0.25) is 0 Å². The van der Waals surface area contributed by atoms with Gasteiger partial charge in [0, 0.05) is 5.88 Å². The van der Waals surface area contributed by atoms with E-state index in [1.165, 1.54) is 22.3 Å². The maximum Gasteiger partial charge on any atom is 0.117 e. The number of alkyl halides is 1. The molecule has 1 saturated heterocycles. The Kier molecular flexibility index (Phi) is 5.32. The molecule has 0 N–H and O–H groups in total. The standard InChI is InChI=1S/C22H25ClO3/c1-3-19-21(24-12-16-8-5-4-7-14(16)2)22-20(26-19)17-10-6-9-15(11-23)18(17)13-25-22/h4-10,19-22H,3,11-13H2,1-2H3/t19-,20-,21+,22+/m1/s1.